The Bertz CT molecular complexity index is 1070. The summed E-state index contributed by atoms with van der Waals surface area (Å²) in [6.45, 7) is 1.97. The highest BCUT2D eigenvalue weighted by molar-refractivity contribution is 6.46. The first-order chi connectivity index (χ1) is 13.5. The molecule has 0 bridgehead atoms. The predicted octanol–water partition coefficient (Wildman–Crippen LogP) is 4.53. The summed E-state index contributed by atoms with van der Waals surface area (Å²) >= 11 is 0. The third-order valence-corrected chi connectivity index (χ3v) is 4.55. The molecule has 1 aliphatic rings. The van der Waals surface area contributed by atoms with Crippen molar-refractivity contribution in [1.29, 1.82) is 0 Å². The van der Waals surface area contributed by atoms with E-state index in [1.807, 2.05) is 49.4 Å². The largest absolute Gasteiger partial charge is 0.350 e. The van der Waals surface area contributed by atoms with Gasteiger partial charge in [-0.1, -0.05) is 48.0 Å². The van der Waals surface area contributed by atoms with Crippen molar-refractivity contribution < 1.29 is 14.0 Å². The van der Waals surface area contributed by atoms with E-state index in [2.05, 4.69) is 5.32 Å². The molecule has 0 spiro atoms. The van der Waals surface area contributed by atoms with Gasteiger partial charge >= 0.3 is 0 Å². The molecule has 0 radical (unpaired) electrons. The van der Waals surface area contributed by atoms with Crippen LogP contribution in [0.1, 0.15) is 11.1 Å². The average molecular weight is 372 g/mol. The van der Waals surface area contributed by atoms with E-state index in [1.165, 1.54) is 24.3 Å². The molecule has 3 aromatic rings. The number of aryl methyl sites for hydroxylation is 1. The molecule has 0 aliphatic carbocycles. The van der Waals surface area contributed by atoms with Crippen LogP contribution in [0.4, 0.5) is 15.8 Å². The number of hydrogen-bond acceptors (Lipinski definition) is 3. The van der Waals surface area contributed by atoms with E-state index in [1.54, 1.807) is 12.1 Å². The number of benzene rings is 3. The number of nitrogens with one attached hydrogen (secondary N) is 1. The van der Waals surface area contributed by atoms with Gasteiger partial charge in [0.15, 0.2) is 0 Å². The molecule has 5 heteroatoms. The maximum Gasteiger partial charge on any atom is 0.282 e. The van der Waals surface area contributed by atoms with Gasteiger partial charge in [0.05, 0.1) is 11.3 Å². The SMILES string of the molecule is Cc1ccc(NC2=C(c3ccccc3)C(=O)N(c3ccc(F)cc3)C2=O)cc1. The molecule has 0 saturated carbocycles. The first-order valence-electron chi connectivity index (χ1n) is 8.82. The lowest BCUT2D eigenvalue weighted by Crippen LogP contribution is -2.32. The molecule has 1 aliphatic heterocycles. The first kappa shape index (κ1) is 17.7. The van der Waals surface area contributed by atoms with Gasteiger partial charge in [0, 0.05) is 5.69 Å². The van der Waals surface area contributed by atoms with E-state index < -0.39 is 17.6 Å². The number of amides is 2. The monoisotopic (exact) mass is 372 g/mol. The second-order valence-electron chi connectivity index (χ2n) is 6.53. The van der Waals surface area contributed by atoms with Crippen LogP contribution in [0.2, 0.25) is 0 Å². The van der Waals surface area contributed by atoms with Gasteiger partial charge in [0.1, 0.15) is 11.5 Å². The molecule has 0 atom stereocenters. The molecule has 4 nitrogen and oxygen atoms in total. The molecule has 1 N–H and O–H groups in total. The summed E-state index contributed by atoms with van der Waals surface area (Å²) in [7, 11) is 0. The summed E-state index contributed by atoms with van der Waals surface area (Å²) in [4.78, 5) is 27.4. The summed E-state index contributed by atoms with van der Waals surface area (Å²) in [5.74, 6) is -1.36. The van der Waals surface area contributed by atoms with Crippen LogP contribution in [0, 0.1) is 12.7 Å². The minimum atomic E-state index is -0.476. The highest BCUT2D eigenvalue weighted by Crippen LogP contribution is 2.33. The number of nitrogens with zero attached hydrogens (tertiary/aromatic N) is 1. The third-order valence-electron chi connectivity index (χ3n) is 4.55. The van der Waals surface area contributed by atoms with Gasteiger partial charge in [0.25, 0.3) is 11.8 Å². The van der Waals surface area contributed by atoms with Gasteiger partial charge in [-0.3, -0.25) is 9.59 Å². The summed E-state index contributed by atoms with van der Waals surface area (Å²) in [6.07, 6.45) is 0. The topological polar surface area (TPSA) is 49.4 Å². The minimum Gasteiger partial charge on any atom is -0.350 e. The molecule has 0 unspecified atom stereocenters. The fourth-order valence-corrected chi connectivity index (χ4v) is 3.12. The third kappa shape index (κ3) is 3.18. The zero-order valence-corrected chi connectivity index (χ0v) is 15.1. The number of hydrogen-bond donors (Lipinski definition) is 1. The lowest BCUT2D eigenvalue weighted by atomic mass is 10.0. The normalized spacial score (nSPS) is 14.0. The Morgan fingerprint density at radius 2 is 1.43 bits per heavy atom. The van der Waals surface area contributed by atoms with Crippen molar-refractivity contribution in [2.24, 2.45) is 0 Å². The molecule has 3 aromatic carbocycles. The number of imide groups is 1. The molecule has 1 heterocycles. The van der Waals surface area contributed by atoms with Gasteiger partial charge < -0.3 is 5.32 Å². The predicted molar refractivity (Wildman–Crippen MR) is 107 cm³/mol. The molecular weight excluding hydrogens is 355 g/mol. The molecule has 0 aromatic heterocycles. The van der Waals surface area contributed by atoms with Crippen molar-refractivity contribution in [3.8, 4) is 0 Å². The van der Waals surface area contributed by atoms with Crippen molar-refractivity contribution in [3.63, 3.8) is 0 Å². The van der Waals surface area contributed by atoms with Gasteiger partial charge in [-0.25, -0.2) is 9.29 Å². The van der Waals surface area contributed by atoms with Crippen LogP contribution in [-0.2, 0) is 9.59 Å². The Balaban J connectivity index is 1.80. The average Bonchev–Trinajstić information content (AvgIpc) is 2.95. The summed E-state index contributed by atoms with van der Waals surface area (Å²) in [5, 5.41) is 3.10. The van der Waals surface area contributed by atoms with E-state index in [9.17, 15) is 14.0 Å². The zero-order valence-electron chi connectivity index (χ0n) is 15.1. The quantitative estimate of drug-likeness (QED) is 0.685. The van der Waals surface area contributed by atoms with Crippen molar-refractivity contribution in [3.05, 3.63) is 102 Å². The second-order valence-corrected chi connectivity index (χ2v) is 6.53. The Labute approximate surface area is 161 Å². The minimum absolute atomic E-state index is 0.198. The molecule has 138 valence electrons. The summed E-state index contributed by atoms with van der Waals surface area (Å²) in [6, 6.07) is 21.9. The van der Waals surface area contributed by atoms with Crippen molar-refractivity contribution in [1.82, 2.24) is 0 Å². The fraction of sp³-hybridized carbons (Fsp3) is 0.0435. The zero-order chi connectivity index (χ0) is 19.7. The van der Waals surface area contributed by atoms with Crippen LogP contribution in [0.15, 0.2) is 84.6 Å². The molecule has 0 fully saturated rings. The van der Waals surface area contributed by atoms with Crippen LogP contribution >= 0.6 is 0 Å². The molecule has 0 saturated heterocycles. The van der Waals surface area contributed by atoms with Crippen molar-refractivity contribution >= 4 is 28.8 Å². The summed E-state index contributed by atoms with van der Waals surface area (Å²) < 4.78 is 13.3. The lowest BCUT2D eigenvalue weighted by Gasteiger charge is -2.15. The molecule has 2 amide bonds. The standard InChI is InChI=1S/C23H17FN2O2/c1-15-7-11-18(12-8-15)25-21-20(16-5-3-2-4-6-16)22(27)26(23(21)28)19-13-9-17(24)10-14-19/h2-14,25H,1H3. The van der Waals surface area contributed by atoms with Crippen LogP contribution in [-0.4, -0.2) is 11.8 Å². The second kappa shape index (κ2) is 7.12. The number of carbonyl (C=O) groups is 2. The molecular formula is C23H17FN2O2. The van der Waals surface area contributed by atoms with Crippen molar-refractivity contribution in [2.45, 2.75) is 6.92 Å². The van der Waals surface area contributed by atoms with E-state index >= 15 is 0 Å². The lowest BCUT2D eigenvalue weighted by molar-refractivity contribution is -0.120. The highest BCUT2D eigenvalue weighted by Gasteiger charge is 2.40. The maximum atomic E-state index is 13.3. The number of halogens is 1. The Morgan fingerprint density at radius 3 is 2.07 bits per heavy atom. The van der Waals surface area contributed by atoms with Crippen molar-refractivity contribution in [2.75, 3.05) is 10.2 Å². The van der Waals surface area contributed by atoms with E-state index in [0.29, 0.717) is 16.9 Å². The summed E-state index contributed by atoms with van der Waals surface area (Å²) in [5.41, 5.74) is 3.24. The molecule has 4 rings (SSSR count). The Kier molecular flexibility index (Phi) is 4.49. The van der Waals surface area contributed by atoms with E-state index in [4.69, 9.17) is 0 Å². The van der Waals surface area contributed by atoms with Gasteiger partial charge in [-0.15, -0.1) is 0 Å². The Hall–Kier alpha value is -3.73. The number of anilines is 2. The van der Waals surface area contributed by atoms with Crippen LogP contribution in [0.5, 0.6) is 0 Å². The van der Waals surface area contributed by atoms with Crippen LogP contribution in [0.25, 0.3) is 5.57 Å². The number of rotatable bonds is 4. The van der Waals surface area contributed by atoms with Crippen LogP contribution < -0.4 is 10.2 Å². The van der Waals surface area contributed by atoms with E-state index in [-0.39, 0.29) is 11.3 Å². The van der Waals surface area contributed by atoms with Gasteiger partial charge in [-0.2, -0.15) is 0 Å². The van der Waals surface area contributed by atoms with Gasteiger partial charge in [-0.05, 0) is 48.9 Å². The first-order valence-corrected chi connectivity index (χ1v) is 8.82. The number of carbonyl (C=O) groups excluding carboxylic acids is 2. The fourth-order valence-electron chi connectivity index (χ4n) is 3.12. The van der Waals surface area contributed by atoms with Gasteiger partial charge in [0.2, 0.25) is 0 Å². The molecule has 28 heavy (non-hydrogen) atoms. The Morgan fingerprint density at radius 1 is 0.786 bits per heavy atom. The van der Waals surface area contributed by atoms with E-state index in [0.717, 1.165) is 10.5 Å². The maximum absolute atomic E-state index is 13.3. The highest BCUT2D eigenvalue weighted by atomic mass is 19.1. The smallest absolute Gasteiger partial charge is 0.282 e. The van der Waals surface area contributed by atoms with Crippen LogP contribution in [0.3, 0.4) is 0 Å².